The second kappa shape index (κ2) is 6.05. The summed E-state index contributed by atoms with van der Waals surface area (Å²) in [5.74, 6) is -0.107. The number of alkyl halides is 1. The maximum Gasteiger partial charge on any atom is 0.182 e. The average Bonchev–Trinajstić information content (AvgIpc) is 2.72. The first kappa shape index (κ1) is 15.8. The molecule has 0 aliphatic heterocycles. The molecule has 5 heteroatoms. The minimum atomic E-state index is -0.572. The molecule has 1 heterocycles. The molecule has 0 bridgehead atoms. The van der Waals surface area contributed by atoms with Gasteiger partial charge in [0, 0.05) is 21.4 Å². The van der Waals surface area contributed by atoms with E-state index in [-0.39, 0.29) is 5.78 Å². The van der Waals surface area contributed by atoms with E-state index in [1.165, 1.54) is 0 Å². The number of carbonyl (C=O) groups is 1. The van der Waals surface area contributed by atoms with Gasteiger partial charge in [0.15, 0.2) is 5.78 Å². The van der Waals surface area contributed by atoms with Crippen LogP contribution < -0.4 is 0 Å². The molecule has 2 rings (SSSR count). The van der Waals surface area contributed by atoms with E-state index in [0.29, 0.717) is 11.1 Å². The van der Waals surface area contributed by atoms with Crippen LogP contribution in [0.5, 0.6) is 0 Å². The lowest BCUT2D eigenvalue weighted by atomic mass is 10.1. The summed E-state index contributed by atoms with van der Waals surface area (Å²) in [7, 11) is 0. The fourth-order valence-corrected chi connectivity index (χ4v) is 2.85. The summed E-state index contributed by atoms with van der Waals surface area (Å²) in [6.07, 6.45) is 0. The minimum absolute atomic E-state index is 0.107. The maximum atomic E-state index is 12.2. The van der Waals surface area contributed by atoms with Gasteiger partial charge in [0.05, 0.1) is 16.6 Å². The van der Waals surface area contributed by atoms with Crippen LogP contribution in [0.4, 0.5) is 0 Å². The summed E-state index contributed by atoms with van der Waals surface area (Å²) < 4.78 is 2.79. The number of nitriles is 1. The number of nitrogens with zero attached hydrogens (tertiary/aromatic N) is 2. The number of benzene rings is 1. The predicted molar refractivity (Wildman–Crippen MR) is 87.3 cm³/mol. The fraction of sp³-hybridized carbons (Fsp3) is 0.250. The first-order chi connectivity index (χ1) is 9.86. The molecule has 0 N–H and O–H groups in total. The van der Waals surface area contributed by atoms with E-state index in [9.17, 15) is 10.1 Å². The summed E-state index contributed by atoms with van der Waals surface area (Å²) in [5, 5.41) is 8.72. The van der Waals surface area contributed by atoms with Gasteiger partial charge in [0.25, 0.3) is 0 Å². The van der Waals surface area contributed by atoms with Gasteiger partial charge in [-0.05, 0) is 45.0 Å². The van der Waals surface area contributed by atoms with Gasteiger partial charge in [-0.15, -0.1) is 11.6 Å². The lowest BCUT2D eigenvalue weighted by Crippen LogP contribution is -2.12. The first-order valence-corrected chi connectivity index (χ1v) is 7.67. The third kappa shape index (κ3) is 2.90. The molecule has 3 nitrogen and oxygen atoms in total. The zero-order chi connectivity index (χ0) is 15.7. The first-order valence-electron chi connectivity index (χ1n) is 6.44. The summed E-state index contributed by atoms with van der Waals surface area (Å²) in [6, 6.07) is 9.45. The Morgan fingerprint density at radius 2 is 2.05 bits per heavy atom. The van der Waals surface area contributed by atoms with Crippen LogP contribution in [0, 0.1) is 25.2 Å². The Morgan fingerprint density at radius 1 is 1.38 bits per heavy atom. The highest BCUT2D eigenvalue weighted by Crippen LogP contribution is 2.27. The van der Waals surface area contributed by atoms with Crippen molar-refractivity contribution in [2.24, 2.45) is 0 Å². The van der Waals surface area contributed by atoms with Crippen molar-refractivity contribution >= 4 is 33.3 Å². The van der Waals surface area contributed by atoms with Crippen molar-refractivity contribution in [3.63, 3.8) is 0 Å². The minimum Gasteiger partial charge on any atom is -0.316 e. The second-order valence-corrected chi connectivity index (χ2v) is 6.44. The number of aromatic nitrogens is 1. The van der Waals surface area contributed by atoms with E-state index in [4.69, 9.17) is 11.6 Å². The molecular formula is C16H14BrClN2O. The Bertz CT molecular complexity index is 756. The molecule has 0 aliphatic carbocycles. The van der Waals surface area contributed by atoms with Gasteiger partial charge in [0.1, 0.15) is 6.07 Å². The molecule has 21 heavy (non-hydrogen) atoms. The maximum absolute atomic E-state index is 12.2. The van der Waals surface area contributed by atoms with Gasteiger partial charge in [-0.1, -0.05) is 15.9 Å². The summed E-state index contributed by atoms with van der Waals surface area (Å²) in [6.45, 7) is 5.43. The van der Waals surface area contributed by atoms with Crippen molar-refractivity contribution in [1.29, 1.82) is 5.26 Å². The molecule has 1 unspecified atom stereocenters. The molecule has 1 aromatic heterocycles. The molecule has 0 radical (unpaired) electrons. The Balaban J connectivity index is 2.70. The number of aryl methyl sites for hydroxylation is 1. The van der Waals surface area contributed by atoms with Gasteiger partial charge in [-0.2, -0.15) is 5.26 Å². The van der Waals surface area contributed by atoms with Gasteiger partial charge in [-0.3, -0.25) is 4.79 Å². The molecule has 0 saturated heterocycles. The monoisotopic (exact) mass is 364 g/mol. The molecule has 0 saturated carbocycles. The lowest BCUT2D eigenvalue weighted by molar-refractivity contribution is 0.0991. The highest BCUT2D eigenvalue weighted by molar-refractivity contribution is 9.10. The van der Waals surface area contributed by atoms with Crippen LogP contribution in [0.25, 0.3) is 5.69 Å². The van der Waals surface area contributed by atoms with Crippen molar-refractivity contribution in [2.45, 2.75) is 26.1 Å². The molecule has 1 atom stereocenters. The molecule has 0 aliphatic rings. The number of rotatable bonds is 3. The molecular weight excluding hydrogens is 352 g/mol. The number of carbonyl (C=O) groups excluding carboxylic acids is 1. The molecule has 1 aromatic carbocycles. The fourth-order valence-electron chi connectivity index (χ4n) is 2.38. The van der Waals surface area contributed by atoms with E-state index >= 15 is 0 Å². The zero-order valence-electron chi connectivity index (χ0n) is 11.9. The number of halogens is 2. The van der Waals surface area contributed by atoms with Gasteiger partial charge < -0.3 is 4.57 Å². The Hall–Kier alpha value is -1.57. The molecule has 2 aromatic rings. The van der Waals surface area contributed by atoms with Crippen molar-refractivity contribution in [1.82, 2.24) is 4.57 Å². The summed E-state index contributed by atoms with van der Waals surface area (Å²) in [4.78, 5) is 12.2. The normalized spacial score (nSPS) is 12.0. The SMILES string of the molecule is Cc1cc(C(=O)C(C)Cl)c(C)n1-c1cc(Br)ccc1C#N. The zero-order valence-corrected chi connectivity index (χ0v) is 14.3. The van der Waals surface area contributed by atoms with Gasteiger partial charge >= 0.3 is 0 Å². The van der Waals surface area contributed by atoms with Crippen LogP contribution in [0.1, 0.15) is 34.2 Å². The number of hydrogen-bond donors (Lipinski definition) is 0. The third-order valence-corrected chi connectivity index (χ3v) is 4.07. The third-order valence-electron chi connectivity index (χ3n) is 3.38. The van der Waals surface area contributed by atoms with Crippen molar-refractivity contribution in [2.75, 3.05) is 0 Å². The van der Waals surface area contributed by atoms with Gasteiger partial charge in [0.2, 0.25) is 0 Å². The van der Waals surface area contributed by atoms with Crippen molar-refractivity contribution in [3.8, 4) is 11.8 Å². The highest BCUT2D eigenvalue weighted by atomic mass is 79.9. The van der Waals surface area contributed by atoms with Crippen LogP contribution in [-0.2, 0) is 0 Å². The Labute approximate surface area is 137 Å². The Kier molecular flexibility index (Phi) is 4.55. The smallest absolute Gasteiger partial charge is 0.182 e. The van der Waals surface area contributed by atoms with Crippen molar-refractivity contribution < 1.29 is 4.79 Å². The molecule has 0 amide bonds. The van der Waals surface area contributed by atoms with Crippen LogP contribution in [0.3, 0.4) is 0 Å². The average molecular weight is 366 g/mol. The molecule has 0 fully saturated rings. The topological polar surface area (TPSA) is 45.8 Å². The van der Waals surface area contributed by atoms with Crippen molar-refractivity contribution in [3.05, 3.63) is 51.3 Å². The number of Topliss-reactive ketones (excluding diaryl/α,β-unsaturated/α-hetero) is 1. The van der Waals surface area contributed by atoms with E-state index in [2.05, 4.69) is 22.0 Å². The van der Waals surface area contributed by atoms with Crippen LogP contribution >= 0.6 is 27.5 Å². The Morgan fingerprint density at radius 3 is 2.62 bits per heavy atom. The molecule has 0 spiro atoms. The van der Waals surface area contributed by atoms with E-state index in [0.717, 1.165) is 21.5 Å². The second-order valence-electron chi connectivity index (χ2n) is 4.87. The lowest BCUT2D eigenvalue weighted by Gasteiger charge is -2.12. The molecule has 108 valence electrons. The highest BCUT2D eigenvalue weighted by Gasteiger charge is 2.21. The number of ketones is 1. The van der Waals surface area contributed by atoms with Crippen LogP contribution in [0.15, 0.2) is 28.7 Å². The predicted octanol–water partition coefficient (Wildman–Crippen LogP) is 4.54. The largest absolute Gasteiger partial charge is 0.316 e. The van der Waals surface area contributed by atoms with E-state index in [1.54, 1.807) is 13.0 Å². The van der Waals surface area contributed by atoms with Gasteiger partial charge in [-0.25, -0.2) is 0 Å². The standard InChI is InChI=1S/C16H14BrClN2O/c1-9-6-14(16(21)10(2)18)11(3)20(9)15-7-13(17)5-4-12(15)8-19/h4-7,10H,1-3H3. The van der Waals surface area contributed by atoms with E-state index in [1.807, 2.05) is 36.6 Å². The van der Waals surface area contributed by atoms with Crippen LogP contribution in [0.2, 0.25) is 0 Å². The van der Waals surface area contributed by atoms with E-state index < -0.39 is 5.38 Å². The quantitative estimate of drug-likeness (QED) is 0.592. The van der Waals surface area contributed by atoms with Crippen LogP contribution in [-0.4, -0.2) is 15.7 Å². The number of hydrogen-bond acceptors (Lipinski definition) is 2. The summed E-state index contributed by atoms with van der Waals surface area (Å²) >= 11 is 9.33. The summed E-state index contributed by atoms with van der Waals surface area (Å²) in [5.41, 5.74) is 3.59.